The summed E-state index contributed by atoms with van der Waals surface area (Å²) in [5, 5.41) is 2.73. The van der Waals surface area contributed by atoms with E-state index in [1.807, 2.05) is 6.92 Å². The Labute approximate surface area is 118 Å². The van der Waals surface area contributed by atoms with Gasteiger partial charge in [-0.3, -0.25) is 9.59 Å². The third kappa shape index (κ3) is 5.18. The molecule has 0 heterocycles. The molecule has 1 amide bonds. The predicted octanol–water partition coefficient (Wildman–Crippen LogP) is 1.68. The summed E-state index contributed by atoms with van der Waals surface area (Å²) in [5.74, 6) is -0.594. The second-order valence-electron chi connectivity index (χ2n) is 4.23. The van der Waals surface area contributed by atoms with Crippen molar-refractivity contribution in [1.82, 2.24) is 5.32 Å². The van der Waals surface area contributed by atoms with Gasteiger partial charge in [0.15, 0.2) is 0 Å². The van der Waals surface area contributed by atoms with E-state index in [0.717, 1.165) is 5.56 Å². The van der Waals surface area contributed by atoms with Crippen molar-refractivity contribution in [1.29, 1.82) is 0 Å². The van der Waals surface area contributed by atoms with Crippen molar-refractivity contribution in [3.8, 4) is 0 Å². The summed E-state index contributed by atoms with van der Waals surface area (Å²) in [6.45, 7) is 3.58. The molecule has 0 fully saturated rings. The van der Waals surface area contributed by atoms with Gasteiger partial charge in [-0.25, -0.2) is 0 Å². The Morgan fingerprint density at radius 1 is 1.42 bits per heavy atom. The number of anilines is 1. The van der Waals surface area contributed by atoms with Crippen LogP contribution in [0.1, 0.15) is 29.3 Å². The van der Waals surface area contributed by atoms with E-state index in [0.29, 0.717) is 11.3 Å². The molecule has 0 aliphatic carbocycles. The Kier molecular flexibility index (Phi) is 6.93. The highest BCUT2D eigenvalue weighted by Crippen LogP contribution is 2.12. The second kappa shape index (κ2) is 7.63. The summed E-state index contributed by atoms with van der Waals surface area (Å²) in [5.41, 5.74) is 7.54. The number of nitrogens with one attached hydrogen (secondary N) is 1. The zero-order valence-electron chi connectivity index (χ0n) is 11.2. The molecule has 0 aromatic heterocycles. The first-order chi connectivity index (χ1) is 8.43. The van der Waals surface area contributed by atoms with Gasteiger partial charge in [0.2, 0.25) is 0 Å². The third-order valence-electron chi connectivity index (χ3n) is 2.58. The lowest BCUT2D eigenvalue weighted by molar-refractivity contribution is -0.141. The molecule has 0 aliphatic rings. The van der Waals surface area contributed by atoms with Crippen LogP contribution >= 0.6 is 12.4 Å². The van der Waals surface area contributed by atoms with E-state index in [2.05, 4.69) is 10.1 Å². The van der Waals surface area contributed by atoms with Gasteiger partial charge >= 0.3 is 5.97 Å². The third-order valence-corrected chi connectivity index (χ3v) is 2.58. The predicted molar refractivity (Wildman–Crippen MR) is 76.4 cm³/mol. The summed E-state index contributed by atoms with van der Waals surface area (Å²) in [4.78, 5) is 23.0. The molecule has 106 valence electrons. The number of nitrogens with two attached hydrogens (primary N) is 1. The van der Waals surface area contributed by atoms with Crippen molar-refractivity contribution < 1.29 is 14.3 Å². The molecule has 5 nitrogen and oxygen atoms in total. The number of carbonyl (C=O) groups excluding carboxylic acids is 2. The highest BCUT2D eigenvalue weighted by molar-refractivity contribution is 5.96. The number of hydrogen-bond acceptors (Lipinski definition) is 4. The fourth-order valence-electron chi connectivity index (χ4n) is 1.57. The maximum Gasteiger partial charge on any atom is 0.307 e. The monoisotopic (exact) mass is 286 g/mol. The smallest absolute Gasteiger partial charge is 0.307 e. The van der Waals surface area contributed by atoms with Crippen LogP contribution in [-0.4, -0.2) is 25.0 Å². The summed E-state index contributed by atoms with van der Waals surface area (Å²) >= 11 is 0. The van der Waals surface area contributed by atoms with Crippen molar-refractivity contribution in [2.75, 3.05) is 12.8 Å². The Morgan fingerprint density at radius 2 is 2.05 bits per heavy atom. The zero-order chi connectivity index (χ0) is 13.7. The van der Waals surface area contributed by atoms with Crippen molar-refractivity contribution in [3.63, 3.8) is 0 Å². The Morgan fingerprint density at radius 3 is 2.63 bits per heavy atom. The number of carbonyl (C=O) groups is 2. The summed E-state index contributed by atoms with van der Waals surface area (Å²) in [7, 11) is 1.32. The number of nitrogen functional groups attached to an aromatic ring is 1. The van der Waals surface area contributed by atoms with Crippen LogP contribution in [0.25, 0.3) is 0 Å². The van der Waals surface area contributed by atoms with Crippen LogP contribution < -0.4 is 11.1 Å². The largest absolute Gasteiger partial charge is 0.469 e. The fourth-order valence-corrected chi connectivity index (χ4v) is 1.57. The average molecular weight is 287 g/mol. The number of ether oxygens (including phenoxy) is 1. The summed E-state index contributed by atoms with van der Waals surface area (Å²) in [6, 6.07) is 4.86. The molecule has 0 radical (unpaired) electrons. The van der Waals surface area contributed by atoms with E-state index in [4.69, 9.17) is 5.73 Å². The SMILES string of the molecule is COC(=O)CC(C)NC(=O)c1cc(N)ccc1C.Cl. The van der Waals surface area contributed by atoms with Crippen LogP contribution in [0.4, 0.5) is 5.69 Å². The zero-order valence-corrected chi connectivity index (χ0v) is 12.0. The second-order valence-corrected chi connectivity index (χ2v) is 4.23. The first-order valence-electron chi connectivity index (χ1n) is 5.68. The van der Waals surface area contributed by atoms with Crippen LogP contribution in [0.5, 0.6) is 0 Å². The normalized spacial score (nSPS) is 11.1. The van der Waals surface area contributed by atoms with Gasteiger partial charge in [0.25, 0.3) is 5.91 Å². The van der Waals surface area contributed by atoms with E-state index in [9.17, 15) is 9.59 Å². The van der Waals surface area contributed by atoms with Gasteiger partial charge in [0, 0.05) is 17.3 Å². The number of hydrogen-bond donors (Lipinski definition) is 2. The van der Waals surface area contributed by atoms with Gasteiger partial charge in [-0.1, -0.05) is 6.07 Å². The highest BCUT2D eigenvalue weighted by atomic mass is 35.5. The Balaban J connectivity index is 0.00000324. The van der Waals surface area contributed by atoms with Gasteiger partial charge in [-0.2, -0.15) is 0 Å². The minimum atomic E-state index is -0.355. The quantitative estimate of drug-likeness (QED) is 0.652. The molecule has 0 spiro atoms. The van der Waals surface area contributed by atoms with Crippen LogP contribution in [0, 0.1) is 6.92 Å². The van der Waals surface area contributed by atoms with E-state index in [1.165, 1.54) is 7.11 Å². The van der Waals surface area contributed by atoms with E-state index < -0.39 is 0 Å². The summed E-state index contributed by atoms with van der Waals surface area (Å²) in [6.07, 6.45) is 0.142. The molecule has 0 saturated heterocycles. The maximum absolute atomic E-state index is 12.0. The average Bonchev–Trinajstić information content (AvgIpc) is 2.31. The van der Waals surface area contributed by atoms with E-state index in [-0.39, 0.29) is 36.7 Å². The molecular formula is C13H19ClN2O3. The molecule has 0 saturated carbocycles. The molecule has 0 aliphatic heterocycles. The van der Waals surface area contributed by atoms with Crippen LogP contribution in [0.2, 0.25) is 0 Å². The standard InChI is InChI=1S/C13H18N2O3.ClH/c1-8-4-5-10(14)7-11(8)13(17)15-9(2)6-12(16)18-3;/h4-5,7,9H,6,14H2,1-3H3,(H,15,17);1H. The molecule has 1 atom stereocenters. The molecule has 1 aromatic rings. The number of benzene rings is 1. The van der Waals surface area contributed by atoms with Gasteiger partial charge in [-0.05, 0) is 31.5 Å². The number of methoxy groups -OCH3 is 1. The van der Waals surface area contributed by atoms with Crippen LogP contribution in [0.3, 0.4) is 0 Å². The molecule has 6 heteroatoms. The number of esters is 1. The maximum atomic E-state index is 12.0. The lowest BCUT2D eigenvalue weighted by Crippen LogP contribution is -2.34. The van der Waals surface area contributed by atoms with Crippen LogP contribution in [0.15, 0.2) is 18.2 Å². The Hall–Kier alpha value is -1.75. The topological polar surface area (TPSA) is 81.4 Å². The molecule has 3 N–H and O–H groups in total. The molecule has 1 rings (SSSR count). The van der Waals surface area contributed by atoms with Crippen molar-refractivity contribution in [3.05, 3.63) is 29.3 Å². The molecule has 1 aromatic carbocycles. The van der Waals surface area contributed by atoms with Crippen molar-refractivity contribution >= 4 is 30.0 Å². The highest BCUT2D eigenvalue weighted by Gasteiger charge is 2.15. The molecule has 19 heavy (non-hydrogen) atoms. The lowest BCUT2D eigenvalue weighted by atomic mass is 10.1. The van der Waals surface area contributed by atoms with E-state index >= 15 is 0 Å². The van der Waals surface area contributed by atoms with Gasteiger partial charge in [0.1, 0.15) is 0 Å². The van der Waals surface area contributed by atoms with Crippen molar-refractivity contribution in [2.24, 2.45) is 0 Å². The van der Waals surface area contributed by atoms with E-state index in [1.54, 1.807) is 25.1 Å². The fraction of sp³-hybridized carbons (Fsp3) is 0.385. The van der Waals surface area contributed by atoms with Crippen LogP contribution in [-0.2, 0) is 9.53 Å². The first-order valence-corrected chi connectivity index (χ1v) is 5.68. The molecular weight excluding hydrogens is 268 g/mol. The lowest BCUT2D eigenvalue weighted by Gasteiger charge is -2.14. The van der Waals surface area contributed by atoms with Gasteiger partial charge < -0.3 is 15.8 Å². The van der Waals surface area contributed by atoms with Gasteiger partial charge in [-0.15, -0.1) is 12.4 Å². The number of amides is 1. The molecule has 0 bridgehead atoms. The van der Waals surface area contributed by atoms with Crippen molar-refractivity contribution in [2.45, 2.75) is 26.3 Å². The Bertz CT molecular complexity index is 463. The van der Waals surface area contributed by atoms with Gasteiger partial charge in [0.05, 0.1) is 13.5 Å². The minimum Gasteiger partial charge on any atom is -0.469 e. The minimum absolute atomic E-state index is 0. The first kappa shape index (κ1) is 17.2. The number of halogens is 1. The molecule has 1 unspecified atom stereocenters. The number of rotatable bonds is 4. The summed E-state index contributed by atoms with van der Waals surface area (Å²) < 4.78 is 4.54. The number of aryl methyl sites for hydroxylation is 1.